The van der Waals surface area contributed by atoms with Gasteiger partial charge in [-0.15, -0.1) is 0 Å². The Balaban J connectivity index is 1.73. The largest absolute Gasteiger partial charge is 0.465 e. The highest BCUT2D eigenvalue weighted by Crippen LogP contribution is 2.38. The van der Waals surface area contributed by atoms with Gasteiger partial charge in [-0.3, -0.25) is 24.6 Å². The van der Waals surface area contributed by atoms with Crippen LogP contribution in [0, 0.1) is 0 Å². The third kappa shape index (κ3) is 3.18. The first-order valence-corrected chi connectivity index (χ1v) is 8.82. The lowest BCUT2D eigenvalue weighted by molar-refractivity contribution is -0.120. The number of nitrogens with one attached hydrogen (secondary N) is 1. The smallest absolute Gasteiger partial charge is 0.407 e. The number of amides is 4. The Hall–Kier alpha value is -3.50. The summed E-state index contributed by atoms with van der Waals surface area (Å²) in [6.45, 7) is -0.867. The summed E-state index contributed by atoms with van der Waals surface area (Å²) in [6.07, 6.45) is -0.0501. The maximum Gasteiger partial charge on any atom is 0.407 e. The van der Waals surface area contributed by atoms with E-state index in [1.165, 1.54) is 27.8 Å². The van der Waals surface area contributed by atoms with E-state index in [2.05, 4.69) is 10.4 Å². The number of benzene rings is 1. The van der Waals surface area contributed by atoms with Gasteiger partial charge in [-0.2, -0.15) is 13.9 Å². The molecule has 2 aliphatic heterocycles. The standard InChI is InChI=1S/C18H17F2N5O4/c1-23-13-8-10(12-4-6-24(17(28)29)9-18(12,19)20)2-3-11(13)15(22-23)25-7-5-14(26)21-16(25)27/h2-4,8H,5-7,9H2,1H3,(H,28,29)(H,21,26,27). The molecule has 1 aromatic heterocycles. The maximum atomic E-state index is 14.6. The molecule has 9 nitrogen and oxygen atoms in total. The van der Waals surface area contributed by atoms with Crippen molar-refractivity contribution in [1.29, 1.82) is 0 Å². The predicted molar refractivity (Wildman–Crippen MR) is 98.7 cm³/mol. The van der Waals surface area contributed by atoms with E-state index >= 15 is 0 Å². The van der Waals surface area contributed by atoms with Gasteiger partial charge in [0.25, 0.3) is 5.92 Å². The Morgan fingerprint density at radius 3 is 2.72 bits per heavy atom. The number of halogens is 2. The van der Waals surface area contributed by atoms with Gasteiger partial charge in [0, 0.05) is 37.5 Å². The van der Waals surface area contributed by atoms with Crippen LogP contribution in [-0.2, 0) is 11.8 Å². The lowest BCUT2D eigenvalue weighted by atomic mass is 9.95. The molecule has 152 valence electrons. The van der Waals surface area contributed by atoms with Gasteiger partial charge in [-0.05, 0) is 17.7 Å². The first-order chi connectivity index (χ1) is 13.7. The number of hydrogen-bond donors (Lipinski definition) is 2. The summed E-state index contributed by atoms with van der Waals surface area (Å²) in [7, 11) is 1.63. The number of fused-ring (bicyclic) bond motifs is 1. The predicted octanol–water partition coefficient (Wildman–Crippen LogP) is 2.03. The highest BCUT2D eigenvalue weighted by molar-refractivity contribution is 6.09. The third-order valence-corrected chi connectivity index (χ3v) is 5.02. The number of urea groups is 1. The molecule has 1 saturated heterocycles. The summed E-state index contributed by atoms with van der Waals surface area (Å²) in [6, 6.07) is 4.05. The first kappa shape index (κ1) is 18.8. The lowest BCUT2D eigenvalue weighted by Gasteiger charge is -2.31. The van der Waals surface area contributed by atoms with Crippen molar-refractivity contribution in [2.75, 3.05) is 24.5 Å². The van der Waals surface area contributed by atoms with Gasteiger partial charge in [0.15, 0.2) is 5.82 Å². The van der Waals surface area contributed by atoms with Crippen molar-refractivity contribution in [3.8, 4) is 0 Å². The number of aromatic nitrogens is 2. The van der Waals surface area contributed by atoms with E-state index in [-0.39, 0.29) is 36.6 Å². The minimum Gasteiger partial charge on any atom is -0.465 e. The van der Waals surface area contributed by atoms with E-state index in [0.717, 1.165) is 0 Å². The van der Waals surface area contributed by atoms with Crippen molar-refractivity contribution in [3.05, 3.63) is 29.8 Å². The molecule has 0 radical (unpaired) electrons. The molecule has 1 aromatic carbocycles. The molecule has 0 aliphatic carbocycles. The molecule has 3 heterocycles. The number of carbonyl (C=O) groups excluding carboxylic acids is 2. The number of anilines is 1. The lowest BCUT2D eigenvalue weighted by Crippen LogP contribution is -2.49. The van der Waals surface area contributed by atoms with Crippen molar-refractivity contribution in [3.63, 3.8) is 0 Å². The number of aryl methyl sites for hydroxylation is 1. The molecule has 29 heavy (non-hydrogen) atoms. The van der Waals surface area contributed by atoms with Crippen LogP contribution in [0.25, 0.3) is 16.5 Å². The molecule has 0 unspecified atom stereocenters. The molecule has 4 rings (SSSR count). The van der Waals surface area contributed by atoms with Crippen LogP contribution in [0.15, 0.2) is 24.3 Å². The second-order valence-electron chi connectivity index (χ2n) is 6.92. The Bertz CT molecular complexity index is 1080. The average Bonchev–Trinajstić information content (AvgIpc) is 2.97. The number of nitrogens with zero attached hydrogens (tertiary/aromatic N) is 4. The second-order valence-corrected chi connectivity index (χ2v) is 6.92. The summed E-state index contributed by atoms with van der Waals surface area (Å²) in [5.41, 5.74) is 0.529. The number of carboxylic acid groups (broad SMARTS) is 1. The molecule has 2 aromatic rings. The Morgan fingerprint density at radius 2 is 2.07 bits per heavy atom. The number of imide groups is 1. The summed E-state index contributed by atoms with van der Waals surface area (Å²) in [5, 5.41) is 16.1. The van der Waals surface area contributed by atoms with Gasteiger partial charge < -0.3 is 5.11 Å². The molecule has 11 heteroatoms. The van der Waals surface area contributed by atoms with E-state index in [1.54, 1.807) is 13.1 Å². The normalized spacial score (nSPS) is 19.3. The number of rotatable bonds is 2. The van der Waals surface area contributed by atoms with Crippen molar-refractivity contribution in [1.82, 2.24) is 20.0 Å². The fourth-order valence-electron chi connectivity index (χ4n) is 3.59. The quantitative estimate of drug-likeness (QED) is 0.795. The first-order valence-electron chi connectivity index (χ1n) is 8.82. The Morgan fingerprint density at radius 1 is 1.31 bits per heavy atom. The zero-order chi connectivity index (χ0) is 20.9. The molecule has 0 saturated carbocycles. The van der Waals surface area contributed by atoms with Crippen LogP contribution in [-0.4, -0.2) is 63.4 Å². The molecule has 0 atom stereocenters. The molecule has 2 aliphatic rings. The Labute approximate surface area is 163 Å². The van der Waals surface area contributed by atoms with E-state index in [0.29, 0.717) is 21.6 Å². The summed E-state index contributed by atoms with van der Waals surface area (Å²) >= 11 is 0. The van der Waals surface area contributed by atoms with Gasteiger partial charge in [0.1, 0.15) is 0 Å². The summed E-state index contributed by atoms with van der Waals surface area (Å²) in [5.74, 6) is -3.37. The highest BCUT2D eigenvalue weighted by atomic mass is 19.3. The van der Waals surface area contributed by atoms with Gasteiger partial charge in [-0.1, -0.05) is 12.1 Å². The van der Waals surface area contributed by atoms with Crippen molar-refractivity contribution < 1.29 is 28.3 Å². The molecule has 0 spiro atoms. The topological polar surface area (TPSA) is 108 Å². The fourth-order valence-corrected chi connectivity index (χ4v) is 3.59. The molecular formula is C18H17F2N5O4. The number of hydrogen-bond acceptors (Lipinski definition) is 4. The van der Waals surface area contributed by atoms with Crippen LogP contribution < -0.4 is 10.2 Å². The van der Waals surface area contributed by atoms with Crippen LogP contribution in [0.3, 0.4) is 0 Å². The van der Waals surface area contributed by atoms with Crippen molar-refractivity contribution in [2.24, 2.45) is 7.05 Å². The van der Waals surface area contributed by atoms with E-state index < -0.39 is 24.6 Å². The minimum atomic E-state index is -3.33. The van der Waals surface area contributed by atoms with Crippen molar-refractivity contribution in [2.45, 2.75) is 12.3 Å². The average molecular weight is 405 g/mol. The monoisotopic (exact) mass is 405 g/mol. The van der Waals surface area contributed by atoms with E-state index in [1.807, 2.05) is 0 Å². The maximum absolute atomic E-state index is 14.6. The van der Waals surface area contributed by atoms with Crippen LogP contribution in [0.4, 0.5) is 24.2 Å². The number of carbonyl (C=O) groups is 3. The molecule has 1 fully saturated rings. The van der Waals surface area contributed by atoms with E-state index in [9.17, 15) is 23.2 Å². The number of alkyl halides is 2. The van der Waals surface area contributed by atoms with Gasteiger partial charge >= 0.3 is 12.1 Å². The summed E-state index contributed by atoms with van der Waals surface area (Å²) < 4.78 is 30.6. The summed E-state index contributed by atoms with van der Waals surface area (Å²) in [4.78, 5) is 36.5. The molecular weight excluding hydrogens is 388 g/mol. The van der Waals surface area contributed by atoms with Crippen LogP contribution in [0.5, 0.6) is 0 Å². The fraction of sp³-hybridized carbons (Fsp3) is 0.333. The molecule has 0 bridgehead atoms. The van der Waals surface area contributed by atoms with Gasteiger partial charge in [-0.25, -0.2) is 9.59 Å². The van der Waals surface area contributed by atoms with Crippen LogP contribution in [0.1, 0.15) is 12.0 Å². The zero-order valence-corrected chi connectivity index (χ0v) is 15.4. The van der Waals surface area contributed by atoms with Crippen LogP contribution >= 0.6 is 0 Å². The van der Waals surface area contributed by atoms with Crippen LogP contribution in [0.2, 0.25) is 0 Å². The van der Waals surface area contributed by atoms with Gasteiger partial charge in [0.2, 0.25) is 5.91 Å². The molecule has 2 N–H and O–H groups in total. The minimum absolute atomic E-state index is 0.128. The third-order valence-electron chi connectivity index (χ3n) is 5.02. The second kappa shape index (κ2) is 6.54. The van der Waals surface area contributed by atoms with Crippen molar-refractivity contribution >= 4 is 40.3 Å². The molecule has 4 amide bonds. The highest BCUT2D eigenvalue weighted by Gasteiger charge is 2.41. The Kier molecular flexibility index (Phi) is 4.25. The van der Waals surface area contributed by atoms with Gasteiger partial charge in [0.05, 0.1) is 12.1 Å². The van der Waals surface area contributed by atoms with E-state index in [4.69, 9.17) is 5.11 Å². The zero-order valence-electron chi connectivity index (χ0n) is 15.4. The SMILES string of the molecule is Cn1nc(N2CCC(=O)NC2=O)c2ccc(C3=CCN(C(=O)O)CC3(F)F)cc21.